The molecule has 0 aliphatic heterocycles. The quantitative estimate of drug-likeness (QED) is 0.0673. The van der Waals surface area contributed by atoms with Crippen LogP contribution in [0.15, 0.2) is 131 Å². The van der Waals surface area contributed by atoms with Crippen LogP contribution in [0.1, 0.15) is 90.9 Å². The first-order valence-electron chi connectivity index (χ1n) is 22.1. The monoisotopic (exact) mass is 934 g/mol. The van der Waals surface area contributed by atoms with Crippen LogP contribution in [0.25, 0.3) is 71.7 Å². The van der Waals surface area contributed by atoms with Gasteiger partial charge >= 0.3 is 0 Å². The Morgan fingerprint density at radius 3 is 1.18 bits per heavy atom. The van der Waals surface area contributed by atoms with Crippen molar-refractivity contribution in [3.05, 3.63) is 121 Å². The molecular weight excluding hydrogens is 881 g/mol. The van der Waals surface area contributed by atoms with E-state index in [-0.39, 0.29) is 21.3 Å². The molecule has 8 rings (SSSR count). The van der Waals surface area contributed by atoms with Crippen LogP contribution < -0.4 is 0 Å². The minimum absolute atomic E-state index is 0.0331. The third-order valence-electron chi connectivity index (χ3n) is 11.6. The van der Waals surface area contributed by atoms with Crippen molar-refractivity contribution in [2.75, 3.05) is 11.5 Å². The highest BCUT2D eigenvalue weighted by atomic mass is 32.2. The van der Waals surface area contributed by atoms with E-state index < -0.39 is 19.7 Å². The summed E-state index contributed by atoms with van der Waals surface area (Å²) in [6.07, 6.45) is 11.6. The van der Waals surface area contributed by atoms with E-state index in [9.17, 15) is 16.8 Å². The van der Waals surface area contributed by atoms with E-state index in [1.807, 2.05) is 24.3 Å². The molecule has 0 spiro atoms. The number of sulfone groups is 2. The van der Waals surface area contributed by atoms with Gasteiger partial charge in [0.1, 0.15) is 0 Å². The molecule has 0 aliphatic rings. The zero-order valence-electron chi connectivity index (χ0n) is 35.5. The van der Waals surface area contributed by atoms with Crippen LogP contribution in [0, 0.1) is 0 Å². The number of rotatable bonds is 21. The summed E-state index contributed by atoms with van der Waals surface area (Å²) in [6, 6.07) is 41.5. The summed E-state index contributed by atoms with van der Waals surface area (Å²) in [7, 11) is -7.53. The normalized spacial score (nSPS) is 12.2. The topological polar surface area (TPSA) is 68.3 Å². The van der Waals surface area contributed by atoms with Gasteiger partial charge in [0.25, 0.3) is 0 Å². The van der Waals surface area contributed by atoms with Gasteiger partial charge in [0.15, 0.2) is 19.7 Å². The first-order chi connectivity index (χ1) is 30.2. The van der Waals surface area contributed by atoms with E-state index in [4.69, 9.17) is 0 Å². The highest BCUT2D eigenvalue weighted by Gasteiger charge is 2.31. The van der Waals surface area contributed by atoms with Crippen molar-refractivity contribution >= 4 is 86.6 Å². The lowest BCUT2D eigenvalue weighted by Crippen LogP contribution is -2.09. The average molecular weight is 935 g/mol. The molecule has 4 heterocycles. The predicted octanol–water partition coefficient (Wildman–Crippen LogP) is 16.8. The van der Waals surface area contributed by atoms with Gasteiger partial charge in [-0.1, -0.05) is 163 Å². The van der Waals surface area contributed by atoms with Gasteiger partial charge in [-0.25, -0.2) is 16.8 Å². The predicted molar refractivity (Wildman–Crippen MR) is 271 cm³/mol. The summed E-state index contributed by atoms with van der Waals surface area (Å²) >= 11 is 6.12. The molecule has 8 aromatic rings. The van der Waals surface area contributed by atoms with Crippen molar-refractivity contribution in [2.45, 2.75) is 101 Å². The molecular formula is C52H54O4S6. The number of fused-ring (bicyclic) bond motifs is 2. The van der Waals surface area contributed by atoms with Crippen molar-refractivity contribution in [1.82, 2.24) is 0 Å². The number of hydrogen-bond donors (Lipinski definition) is 0. The number of thiophene rings is 4. The van der Waals surface area contributed by atoms with Crippen LogP contribution in [0.2, 0.25) is 0 Å². The second-order valence-corrected chi connectivity index (χ2v) is 24.6. The van der Waals surface area contributed by atoms with Gasteiger partial charge in [-0.15, -0.1) is 45.3 Å². The fourth-order valence-electron chi connectivity index (χ4n) is 8.25. The standard InChI is InChI=1S/C52H54O4S6/c1-3-5-7-9-11-17-33-61(53,54)49-35-47(45-31-29-43(57-45)41-27-19-23-37-21-13-15-25-39(37)41)59-51(49)52-50(62(55,56)34-18-12-10-8-6-4-2)36-48(60-52)46-32-30-44(58-46)42-28-20-24-38-22-14-16-26-40(38)42/h13-16,19-32,35-36H,3-12,17-18,33-34H2,1-2H3. The van der Waals surface area contributed by atoms with E-state index in [0.29, 0.717) is 22.6 Å². The van der Waals surface area contributed by atoms with Crippen LogP contribution in [0.3, 0.4) is 0 Å². The second kappa shape index (κ2) is 20.3. The van der Waals surface area contributed by atoms with Crippen LogP contribution >= 0.6 is 45.3 Å². The average Bonchev–Trinajstić information content (AvgIpc) is 4.12. The first-order valence-corrected chi connectivity index (χ1v) is 28.6. The summed E-state index contributed by atoms with van der Waals surface area (Å²) in [4.78, 5) is 7.37. The molecule has 4 aromatic carbocycles. The van der Waals surface area contributed by atoms with Gasteiger partial charge in [-0.2, -0.15) is 0 Å². The third kappa shape index (κ3) is 10.1. The van der Waals surface area contributed by atoms with Crippen molar-refractivity contribution in [2.24, 2.45) is 0 Å². The van der Waals surface area contributed by atoms with Gasteiger partial charge in [-0.05, 0) is 81.9 Å². The molecule has 0 amide bonds. The fraction of sp³-hybridized carbons (Fsp3) is 0.308. The molecule has 0 atom stereocenters. The summed E-state index contributed by atoms with van der Waals surface area (Å²) in [5.74, 6) is 0.0662. The van der Waals surface area contributed by atoms with E-state index in [1.54, 1.807) is 22.7 Å². The van der Waals surface area contributed by atoms with E-state index in [0.717, 1.165) is 105 Å². The van der Waals surface area contributed by atoms with Crippen LogP contribution in [-0.2, 0) is 19.7 Å². The fourth-order valence-corrected chi connectivity index (χ4v) is 17.0. The second-order valence-electron chi connectivity index (χ2n) is 16.2. The third-order valence-corrected chi connectivity index (χ3v) is 20.6. The lowest BCUT2D eigenvalue weighted by Gasteiger charge is -2.08. The van der Waals surface area contributed by atoms with E-state index >= 15 is 0 Å². The maximum absolute atomic E-state index is 14.6. The minimum Gasteiger partial charge on any atom is -0.224 e. The Kier molecular flexibility index (Phi) is 14.6. The Labute approximate surface area is 384 Å². The van der Waals surface area contributed by atoms with Gasteiger partial charge in [-0.3, -0.25) is 0 Å². The number of unbranched alkanes of at least 4 members (excludes halogenated alkanes) is 10. The van der Waals surface area contributed by atoms with Crippen molar-refractivity contribution < 1.29 is 16.8 Å². The Bertz CT molecular complexity index is 2780. The Hall–Kier alpha value is -3.90. The largest absolute Gasteiger partial charge is 0.224 e. The van der Waals surface area contributed by atoms with Crippen LogP contribution in [-0.4, -0.2) is 28.3 Å². The Balaban J connectivity index is 1.22. The van der Waals surface area contributed by atoms with E-state index in [1.165, 1.54) is 44.2 Å². The molecule has 10 heteroatoms. The summed E-state index contributed by atoms with van der Waals surface area (Å²) in [5, 5.41) is 4.67. The van der Waals surface area contributed by atoms with Crippen molar-refractivity contribution in [3.63, 3.8) is 0 Å². The summed E-state index contributed by atoms with van der Waals surface area (Å²) in [5.41, 5.74) is 2.27. The van der Waals surface area contributed by atoms with Crippen molar-refractivity contribution in [3.8, 4) is 50.1 Å². The SMILES string of the molecule is CCCCCCCCS(=O)(=O)c1cc(-c2ccc(-c3cccc4ccccc34)s2)sc1-c1sc(-c2ccc(-c3cccc4ccccc34)s2)cc1S(=O)(=O)CCCCCCCC. The van der Waals surface area contributed by atoms with Gasteiger partial charge in [0, 0.05) is 29.3 Å². The highest BCUT2D eigenvalue weighted by molar-refractivity contribution is 7.92. The molecule has 0 aliphatic carbocycles. The maximum atomic E-state index is 14.6. The van der Waals surface area contributed by atoms with Gasteiger partial charge in [0.2, 0.25) is 0 Å². The van der Waals surface area contributed by atoms with Crippen molar-refractivity contribution in [1.29, 1.82) is 0 Å². The lowest BCUT2D eigenvalue weighted by molar-refractivity contribution is 0.582. The molecule has 0 fully saturated rings. The molecule has 0 radical (unpaired) electrons. The molecule has 322 valence electrons. The zero-order valence-corrected chi connectivity index (χ0v) is 40.4. The molecule has 62 heavy (non-hydrogen) atoms. The summed E-state index contributed by atoms with van der Waals surface area (Å²) in [6.45, 7) is 4.36. The molecule has 0 unspecified atom stereocenters. The zero-order chi connectivity index (χ0) is 43.1. The molecule has 0 bridgehead atoms. The number of benzene rings is 4. The summed E-state index contributed by atoms with van der Waals surface area (Å²) < 4.78 is 58.4. The maximum Gasteiger partial charge on any atom is 0.179 e. The Morgan fingerprint density at radius 1 is 0.371 bits per heavy atom. The van der Waals surface area contributed by atoms with Gasteiger partial charge < -0.3 is 0 Å². The smallest absolute Gasteiger partial charge is 0.179 e. The lowest BCUT2D eigenvalue weighted by atomic mass is 10.0. The minimum atomic E-state index is -3.76. The molecule has 0 saturated heterocycles. The number of hydrogen-bond acceptors (Lipinski definition) is 8. The molecule has 4 nitrogen and oxygen atoms in total. The first kappa shape index (κ1) is 44.7. The highest BCUT2D eigenvalue weighted by Crippen LogP contribution is 2.51. The van der Waals surface area contributed by atoms with E-state index in [2.05, 4.69) is 111 Å². The van der Waals surface area contributed by atoms with Crippen LogP contribution in [0.5, 0.6) is 0 Å². The Morgan fingerprint density at radius 2 is 0.742 bits per heavy atom. The molecule has 0 saturated carbocycles. The van der Waals surface area contributed by atoms with Gasteiger partial charge in [0.05, 0.1) is 31.1 Å². The molecule has 4 aromatic heterocycles. The van der Waals surface area contributed by atoms with Crippen LogP contribution in [0.4, 0.5) is 0 Å². The molecule has 0 N–H and O–H groups in total.